The summed E-state index contributed by atoms with van der Waals surface area (Å²) in [7, 11) is 0. The van der Waals surface area contributed by atoms with Gasteiger partial charge in [-0.05, 0) is 24.6 Å². The molecule has 3 rings (SSSR count). The third kappa shape index (κ3) is 2.86. The van der Waals surface area contributed by atoms with Crippen molar-refractivity contribution < 1.29 is 23.5 Å². The van der Waals surface area contributed by atoms with E-state index in [1.165, 1.54) is 26.0 Å². The summed E-state index contributed by atoms with van der Waals surface area (Å²) in [5.41, 5.74) is 1.19. The van der Waals surface area contributed by atoms with E-state index in [1.807, 2.05) is 6.92 Å². The van der Waals surface area contributed by atoms with Gasteiger partial charge in [0.2, 0.25) is 5.43 Å². The van der Waals surface area contributed by atoms with Crippen LogP contribution in [-0.4, -0.2) is 11.9 Å². The Hall–Kier alpha value is -3.15. The fourth-order valence-corrected chi connectivity index (χ4v) is 2.49. The van der Waals surface area contributed by atoms with Crippen LogP contribution in [0.3, 0.4) is 0 Å². The Morgan fingerprint density at radius 3 is 2.33 bits per heavy atom. The highest BCUT2D eigenvalue weighted by molar-refractivity contribution is 5.95. The van der Waals surface area contributed by atoms with Gasteiger partial charge < -0.3 is 13.9 Å². The monoisotopic (exact) mass is 326 g/mol. The first kappa shape index (κ1) is 15.7. The Labute approximate surface area is 136 Å². The van der Waals surface area contributed by atoms with E-state index in [1.54, 1.807) is 18.2 Å². The van der Waals surface area contributed by atoms with E-state index in [4.69, 9.17) is 13.9 Å². The molecule has 0 bridgehead atoms. The van der Waals surface area contributed by atoms with Crippen molar-refractivity contribution in [3.8, 4) is 11.5 Å². The lowest BCUT2D eigenvalue weighted by Crippen LogP contribution is -2.09. The SMILES string of the molecule is CC(=O)Oc1cc(OC(C)=O)c2c(=O)c3ccc(C)cc3oc2c1. The van der Waals surface area contributed by atoms with E-state index >= 15 is 0 Å². The Balaban J connectivity index is 2.39. The zero-order chi connectivity index (χ0) is 17.4. The molecular weight excluding hydrogens is 312 g/mol. The lowest BCUT2D eigenvalue weighted by atomic mass is 10.1. The summed E-state index contributed by atoms with van der Waals surface area (Å²) >= 11 is 0. The van der Waals surface area contributed by atoms with Crippen molar-refractivity contribution in [2.24, 2.45) is 0 Å². The second-order valence-corrected chi connectivity index (χ2v) is 5.41. The predicted octanol–water partition coefficient (Wildman–Crippen LogP) is 3.11. The molecule has 0 aliphatic carbocycles. The van der Waals surface area contributed by atoms with Gasteiger partial charge in [-0.25, -0.2) is 0 Å². The van der Waals surface area contributed by atoms with Crippen LogP contribution in [0.25, 0.3) is 21.9 Å². The zero-order valence-corrected chi connectivity index (χ0v) is 13.3. The molecule has 1 heterocycles. The van der Waals surface area contributed by atoms with Crippen LogP contribution >= 0.6 is 0 Å². The maximum Gasteiger partial charge on any atom is 0.308 e. The fourth-order valence-electron chi connectivity index (χ4n) is 2.49. The van der Waals surface area contributed by atoms with E-state index in [0.717, 1.165) is 5.56 Å². The summed E-state index contributed by atoms with van der Waals surface area (Å²) in [4.78, 5) is 35.3. The molecule has 0 fully saturated rings. The van der Waals surface area contributed by atoms with Gasteiger partial charge in [0.1, 0.15) is 28.1 Å². The number of carbonyl (C=O) groups is 2. The quantitative estimate of drug-likeness (QED) is 0.409. The van der Waals surface area contributed by atoms with Crippen LogP contribution in [0.15, 0.2) is 39.5 Å². The summed E-state index contributed by atoms with van der Waals surface area (Å²) in [6.07, 6.45) is 0. The predicted molar refractivity (Wildman–Crippen MR) is 87.3 cm³/mol. The van der Waals surface area contributed by atoms with Crippen LogP contribution < -0.4 is 14.9 Å². The van der Waals surface area contributed by atoms with Gasteiger partial charge in [0.05, 0.1) is 5.39 Å². The molecule has 0 radical (unpaired) electrons. The first-order chi connectivity index (χ1) is 11.3. The lowest BCUT2D eigenvalue weighted by Gasteiger charge is -2.09. The minimum absolute atomic E-state index is 0.00697. The van der Waals surface area contributed by atoms with Crippen molar-refractivity contribution in [2.45, 2.75) is 20.8 Å². The van der Waals surface area contributed by atoms with Gasteiger partial charge in [-0.1, -0.05) is 6.07 Å². The second kappa shape index (κ2) is 5.81. The molecule has 122 valence electrons. The number of aryl methyl sites for hydroxylation is 1. The molecule has 0 saturated heterocycles. The molecule has 0 unspecified atom stereocenters. The highest BCUT2D eigenvalue weighted by atomic mass is 16.5. The number of hydrogen-bond donors (Lipinski definition) is 0. The molecule has 0 N–H and O–H groups in total. The second-order valence-electron chi connectivity index (χ2n) is 5.41. The van der Waals surface area contributed by atoms with Crippen molar-refractivity contribution in [3.63, 3.8) is 0 Å². The third-order valence-corrected chi connectivity index (χ3v) is 3.38. The average molecular weight is 326 g/mol. The van der Waals surface area contributed by atoms with Gasteiger partial charge in [-0.15, -0.1) is 0 Å². The normalized spacial score (nSPS) is 10.8. The first-order valence-corrected chi connectivity index (χ1v) is 7.23. The van der Waals surface area contributed by atoms with E-state index in [-0.39, 0.29) is 27.9 Å². The topological polar surface area (TPSA) is 82.8 Å². The van der Waals surface area contributed by atoms with Gasteiger partial charge in [0.25, 0.3) is 0 Å². The number of hydrogen-bond acceptors (Lipinski definition) is 6. The number of benzene rings is 2. The first-order valence-electron chi connectivity index (χ1n) is 7.23. The van der Waals surface area contributed by atoms with E-state index in [9.17, 15) is 14.4 Å². The molecule has 0 amide bonds. The van der Waals surface area contributed by atoms with Crippen LogP contribution in [0.2, 0.25) is 0 Å². The van der Waals surface area contributed by atoms with Gasteiger partial charge >= 0.3 is 11.9 Å². The molecule has 0 saturated carbocycles. The zero-order valence-electron chi connectivity index (χ0n) is 13.3. The van der Waals surface area contributed by atoms with Gasteiger partial charge in [0, 0.05) is 26.0 Å². The summed E-state index contributed by atoms with van der Waals surface area (Å²) in [6.45, 7) is 4.34. The van der Waals surface area contributed by atoms with Gasteiger partial charge in [-0.3, -0.25) is 14.4 Å². The van der Waals surface area contributed by atoms with Crippen LogP contribution in [0.5, 0.6) is 11.5 Å². The lowest BCUT2D eigenvalue weighted by molar-refractivity contribution is -0.132. The standard InChI is InChI=1S/C18H14O6/c1-9-4-5-13-14(6-9)24-16-8-12(22-10(2)19)7-15(23-11(3)20)17(16)18(13)21/h4-8H,1-3H3. The van der Waals surface area contributed by atoms with E-state index < -0.39 is 11.9 Å². The Morgan fingerprint density at radius 1 is 0.958 bits per heavy atom. The van der Waals surface area contributed by atoms with Crippen molar-refractivity contribution in [3.05, 3.63) is 46.1 Å². The highest BCUT2D eigenvalue weighted by Crippen LogP contribution is 2.32. The largest absolute Gasteiger partial charge is 0.456 e. The highest BCUT2D eigenvalue weighted by Gasteiger charge is 2.17. The maximum atomic E-state index is 12.8. The fraction of sp³-hybridized carbons (Fsp3) is 0.167. The van der Waals surface area contributed by atoms with Crippen LogP contribution in [0, 0.1) is 6.92 Å². The smallest absolute Gasteiger partial charge is 0.308 e. The minimum Gasteiger partial charge on any atom is -0.456 e. The van der Waals surface area contributed by atoms with E-state index in [0.29, 0.717) is 11.0 Å². The number of ether oxygens (including phenoxy) is 2. The van der Waals surface area contributed by atoms with Gasteiger partial charge in [-0.2, -0.15) is 0 Å². The maximum absolute atomic E-state index is 12.8. The summed E-state index contributed by atoms with van der Waals surface area (Å²) in [5, 5.41) is 0.499. The third-order valence-electron chi connectivity index (χ3n) is 3.38. The molecule has 6 heteroatoms. The number of fused-ring (bicyclic) bond motifs is 2. The molecule has 2 aromatic carbocycles. The molecule has 6 nitrogen and oxygen atoms in total. The van der Waals surface area contributed by atoms with E-state index in [2.05, 4.69) is 0 Å². The van der Waals surface area contributed by atoms with Crippen molar-refractivity contribution in [1.82, 2.24) is 0 Å². The Kier molecular flexibility index (Phi) is 3.81. The molecule has 0 aliphatic rings. The summed E-state index contributed by atoms with van der Waals surface area (Å²) < 4.78 is 15.9. The Morgan fingerprint density at radius 2 is 1.67 bits per heavy atom. The molecule has 24 heavy (non-hydrogen) atoms. The van der Waals surface area contributed by atoms with Crippen LogP contribution in [-0.2, 0) is 9.59 Å². The summed E-state index contributed by atoms with van der Waals surface area (Å²) in [6, 6.07) is 7.94. The van der Waals surface area contributed by atoms with Crippen LogP contribution in [0.1, 0.15) is 19.4 Å². The molecule has 1 aromatic heterocycles. The van der Waals surface area contributed by atoms with Crippen molar-refractivity contribution >= 4 is 33.9 Å². The van der Waals surface area contributed by atoms with Gasteiger partial charge in [0.15, 0.2) is 0 Å². The average Bonchev–Trinajstić information content (AvgIpc) is 2.44. The molecule has 3 aromatic rings. The summed E-state index contributed by atoms with van der Waals surface area (Å²) in [5.74, 6) is -1.02. The van der Waals surface area contributed by atoms with Crippen molar-refractivity contribution in [1.29, 1.82) is 0 Å². The molecular formula is C18H14O6. The molecule has 0 spiro atoms. The number of rotatable bonds is 2. The molecule has 0 aliphatic heterocycles. The molecule has 0 atom stereocenters. The Bertz CT molecular complexity index is 1040. The van der Waals surface area contributed by atoms with Crippen LogP contribution in [0.4, 0.5) is 0 Å². The number of esters is 2. The minimum atomic E-state index is -0.598. The van der Waals surface area contributed by atoms with Crippen molar-refractivity contribution in [2.75, 3.05) is 0 Å². The number of carbonyl (C=O) groups excluding carboxylic acids is 2.